The Morgan fingerprint density at radius 1 is 0.938 bits per heavy atom. The van der Waals surface area contributed by atoms with E-state index in [-0.39, 0.29) is 0 Å². The third-order valence-corrected chi connectivity index (χ3v) is 2.29. The molecule has 3 nitrogen and oxygen atoms in total. The molecule has 0 aliphatic carbocycles. The SMILES string of the molecule is C=CS(=O)(=O)O.c1ccc2ccccc2c1. The van der Waals surface area contributed by atoms with Gasteiger partial charge in [0.15, 0.2) is 0 Å². The zero-order valence-corrected chi connectivity index (χ0v) is 9.39. The summed E-state index contributed by atoms with van der Waals surface area (Å²) >= 11 is 0. The summed E-state index contributed by atoms with van der Waals surface area (Å²) in [6, 6.07) is 16.7. The van der Waals surface area contributed by atoms with Crippen LogP contribution in [0.1, 0.15) is 0 Å². The standard InChI is InChI=1S/C10H8.C2H4O3S/c1-2-6-10-8-4-3-7-9(10)5-1;1-2-6(3,4)5/h1-8H;2H,1H2,(H,3,4,5). The first-order chi connectivity index (χ1) is 7.53. The fraction of sp³-hybridized carbons (Fsp3) is 0. The number of benzene rings is 2. The molecule has 0 bridgehead atoms. The molecule has 0 saturated heterocycles. The Hall–Kier alpha value is -1.65. The summed E-state index contributed by atoms with van der Waals surface area (Å²) in [7, 11) is -3.90. The van der Waals surface area contributed by atoms with E-state index in [1.165, 1.54) is 10.8 Å². The van der Waals surface area contributed by atoms with Gasteiger partial charge in [-0.05, 0) is 10.8 Å². The van der Waals surface area contributed by atoms with Gasteiger partial charge in [0.25, 0.3) is 10.1 Å². The normalized spacial score (nSPS) is 10.3. The molecule has 1 N–H and O–H groups in total. The molecule has 84 valence electrons. The second-order valence-electron chi connectivity index (χ2n) is 3.03. The minimum atomic E-state index is -3.90. The second-order valence-corrected chi connectivity index (χ2v) is 4.39. The molecule has 0 spiro atoms. The topological polar surface area (TPSA) is 54.4 Å². The van der Waals surface area contributed by atoms with E-state index < -0.39 is 10.1 Å². The van der Waals surface area contributed by atoms with Crippen LogP contribution in [0, 0.1) is 0 Å². The summed E-state index contributed by atoms with van der Waals surface area (Å²) in [5, 5.41) is 3.09. The Morgan fingerprint density at radius 2 is 1.19 bits per heavy atom. The first-order valence-corrected chi connectivity index (χ1v) is 6.07. The average Bonchev–Trinajstić information content (AvgIpc) is 2.29. The van der Waals surface area contributed by atoms with Crippen molar-refractivity contribution in [2.45, 2.75) is 0 Å². The molecule has 4 heteroatoms. The highest BCUT2D eigenvalue weighted by atomic mass is 32.2. The Morgan fingerprint density at radius 3 is 1.38 bits per heavy atom. The van der Waals surface area contributed by atoms with Gasteiger partial charge < -0.3 is 0 Å². The van der Waals surface area contributed by atoms with Crippen LogP contribution in [0.3, 0.4) is 0 Å². The summed E-state index contributed by atoms with van der Waals surface area (Å²) in [4.78, 5) is 0. The van der Waals surface area contributed by atoms with Crippen molar-refractivity contribution in [3.05, 3.63) is 60.5 Å². The van der Waals surface area contributed by atoms with Gasteiger partial charge in [-0.25, -0.2) is 0 Å². The van der Waals surface area contributed by atoms with Gasteiger partial charge in [-0.1, -0.05) is 55.1 Å². The van der Waals surface area contributed by atoms with Gasteiger partial charge in [-0.15, -0.1) is 0 Å². The number of hydrogen-bond donors (Lipinski definition) is 1. The molecule has 0 radical (unpaired) electrons. The highest BCUT2D eigenvalue weighted by molar-refractivity contribution is 7.88. The van der Waals surface area contributed by atoms with Gasteiger partial charge in [-0.3, -0.25) is 4.55 Å². The average molecular weight is 236 g/mol. The largest absolute Gasteiger partial charge is 0.287 e. The quantitative estimate of drug-likeness (QED) is 0.774. The van der Waals surface area contributed by atoms with Gasteiger partial charge >= 0.3 is 0 Å². The summed E-state index contributed by atoms with van der Waals surface area (Å²) in [5.74, 6) is 0. The second kappa shape index (κ2) is 5.44. The van der Waals surface area contributed by atoms with E-state index in [2.05, 4.69) is 55.1 Å². The summed E-state index contributed by atoms with van der Waals surface area (Å²) in [6.07, 6.45) is 0. The van der Waals surface area contributed by atoms with Crippen LogP contribution in [0.2, 0.25) is 0 Å². The predicted molar refractivity (Wildman–Crippen MR) is 65.7 cm³/mol. The molecule has 0 unspecified atom stereocenters. The van der Waals surface area contributed by atoms with Crippen molar-refractivity contribution < 1.29 is 13.0 Å². The fourth-order valence-electron chi connectivity index (χ4n) is 1.13. The zero-order valence-electron chi connectivity index (χ0n) is 8.58. The molecule has 0 aliphatic heterocycles. The van der Waals surface area contributed by atoms with Gasteiger partial charge in [0.2, 0.25) is 0 Å². The third kappa shape index (κ3) is 4.25. The lowest BCUT2D eigenvalue weighted by molar-refractivity contribution is 0.494. The minimum Gasteiger partial charge on any atom is -0.282 e. The zero-order chi connectivity index (χ0) is 12.0. The van der Waals surface area contributed by atoms with E-state index in [9.17, 15) is 8.42 Å². The predicted octanol–water partition coefficient (Wildman–Crippen LogP) is 2.86. The molecule has 0 atom stereocenters. The molecular formula is C12H12O3S. The van der Waals surface area contributed by atoms with Crippen LogP contribution in [0.15, 0.2) is 60.5 Å². The van der Waals surface area contributed by atoms with Crippen LogP contribution < -0.4 is 0 Å². The van der Waals surface area contributed by atoms with Crippen molar-refractivity contribution in [2.75, 3.05) is 0 Å². The van der Waals surface area contributed by atoms with E-state index in [0.29, 0.717) is 5.41 Å². The van der Waals surface area contributed by atoms with E-state index in [4.69, 9.17) is 4.55 Å². The molecule has 0 aliphatic rings. The lowest BCUT2D eigenvalue weighted by Crippen LogP contribution is -1.86. The van der Waals surface area contributed by atoms with Crippen LogP contribution >= 0.6 is 0 Å². The Kier molecular flexibility index (Phi) is 4.22. The Balaban J connectivity index is 0.000000187. The van der Waals surface area contributed by atoms with Gasteiger partial charge in [0.1, 0.15) is 0 Å². The highest BCUT2D eigenvalue weighted by Crippen LogP contribution is 2.11. The van der Waals surface area contributed by atoms with Crippen molar-refractivity contribution in [2.24, 2.45) is 0 Å². The molecule has 0 heterocycles. The molecule has 2 aromatic carbocycles. The Bertz CT molecular complexity index is 496. The van der Waals surface area contributed by atoms with Crippen LogP contribution in [0.4, 0.5) is 0 Å². The van der Waals surface area contributed by atoms with Crippen LogP contribution in [0.25, 0.3) is 10.8 Å². The van der Waals surface area contributed by atoms with E-state index in [1.807, 2.05) is 0 Å². The molecule has 0 fully saturated rings. The highest BCUT2D eigenvalue weighted by Gasteiger charge is 1.88. The summed E-state index contributed by atoms with van der Waals surface area (Å²) < 4.78 is 26.6. The Labute approximate surface area is 94.8 Å². The van der Waals surface area contributed by atoms with Crippen LogP contribution in [0.5, 0.6) is 0 Å². The molecule has 0 amide bonds. The van der Waals surface area contributed by atoms with Crippen LogP contribution in [-0.4, -0.2) is 13.0 Å². The fourth-order valence-corrected chi connectivity index (χ4v) is 1.13. The smallest absolute Gasteiger partial charge is 0.282 e. The monoisotopic (exact) mass is 236 g/mol. The molecule has 16 heavy (non-hydrogen) atoms. The molecular weight excluding hydrogens is 224 g/mol. The van der Waals surface area contributed by atoms with Gasteiger partial charge in [-0.2, -0.15) is 8.42 Å². The van der Waals surface area contributed by atoms with Crippen molar-refractivity contribution >= 4 is 20.9 Å². The molecule has 0 saturated carbocycles. The van der Waals surface area contributed by atoms with Crippen LogP contribution in [-0.2, 0) is 10.1 Å². The molecule has 0 aromatic heterocycles. The maximum absolute atomic E-state index is 9.44. The summed E-state index contributed by atoms with van der Waals surface area (Å²) in [5.41, 5.74) is 0. The van der Waals surface area contributed by atoms with Crippen molar-refractivity contribution in [3.63, 3.8) is 0 Å². The maximum Gasteiger partial charge on any atom is 0.287 e. The van der Waals surface area contributed by atoms with Gasteiger partial charge in [0, 0.05) is 0 Å². The number of hydrogen-bond acceptors (Lipinski definition) is 2. The van der Waals surface area contributed by atoms with E-state index in [0.717, 1.165) is 0 Å². The number of fused-ring (bicyclic) bond motifs is 1. The third-order valence-electron chi connectivity index (χ3n) is 1.87. The lowest BCUT2D eigenvalue weighted by Gasteiger charge is -1.92. The first kappa shape index (κ1) is 12.4. The molecule has 2 rings (SSSR count). The van der Waals surface area contributed by atoms with E-state index >= 15 is 0 Å². The van der Waals surface area contributed by atoms with Crippen molar-refractivity contribution in [3.8, 4) is 0 Å². The summed E-state index contributed by atoms with van der Waals surface area (Å²) in [6.45, 7) is 2.79. The van der Waals surface area contributed by atoms with Crippen molar-refractivity contribution in [1.29, 1.82) is 0 Å². The number of rotatable bonds is 1. The maximum atomic E-state index is 9.44. The minimum absolute atomic E-state index is 0.465. The van der Waals surface area contributed by atoms with Gasteiger partial charge in [0.05, 0.1) is 5.41 Å². The van der Waals surface area contributed by atoms with Crippen molar-refractivity contribution in [1.82, 2.24) is 0 Å². The lowest BCUT2D eigenvalue weighted by atomic mass is 10.1. The van der Waals surface area contributed by atoms with E-state index in [1.54, 1.807) is 0 Å². The molecule has 2 aromatic rings. The first-order valence-electron chi connectivity index (χ1n) is 4.56.